The highest BCUT2D eigenvalue weighted by molar-refractivity contribution is 9.10. The molecule has 0 radical (unpaired) electrons. The van der Waals surface area contributed by atoms with E-state index in [9.17, 15) is 14.4 Å². The van der Waals surface area contributed by atoms with Gasteiger partial charge >= 0.3 is 0 Å². The highest BCUT2D eigenvalue weighted by atomic mass is 79.9. The number of amides is 2. The molecule has 3 rings (SSSR count). The third kappa shape index (κ3) is 4.24. The zero-order valence-corrected chi connectivity index (χ0v) is 16.0. The summed E-state index contributed by atoms with van der Waals surface area (Å²) >= 11 is 3.30. The number of likely N-dealkylation sites (tertiary alicyclic amines) is 1. The van der Waals surface area contributed by atoms with E-state index in [2.05, 4.69) is 21.2 Å². The molecule has 1 aliphatic rings. The van der Waals surface area contributed by atoms with Crippen LogP contribution in [-0.2, 0) is 11.3 Å². The number of carbonyl (C=O) groups excluding carboxylic acids is 2. The molecular weight excluding hydrogens is 402 g/mol. The maximum absolute atomic E-state index is 12.4. The van der Waals surface area contributed by atoms with Crippen LogP contribution in [0.4, 0.5) is 0 Å². The summed E-state index contributed by atoms with van der Waals surface area (Å²) in [5.41, 5.74) is 0.590. The molecule has 0 aliphatic carbocycles. The lowest BCUT2D eigenvalue weighted by Gasteiger charge is -2.32. The van der Waals surface area contributed by atoms with Crippen LogP contribution in [0.1, 0.15) is 29.0 Å². The Labute approximate surface area is 159 Å². The van der Waals surface area contributed by atoms with E-state index in [0.29, 0.717) is 31.7 Å². The number of nitrogens with one attached hydrogen (secondary N) is 1. The first-order valence-corrected chi connectivity index (χ1v) is 9.22. The Balaban J connectivity index is 1.52. The SMILES string of the molecule is Cc1ccoc1C(=O)NC1CCN(C(=O)Cn2cc(Br)ccc2=O)CC1. The number of furan rings is 1. The van der Waals surface area contributed by atoms with Crippen LogP contribution in [0.5, 0.6) is 0 Å². The van der Waals surface area contributed by atoms with Gasteiger partial charge in [0.2, 0.25) is 5.91 Å². The van der Waals surface area contributed by atoms with Gasteiger partial charge in [0.25, 0.3) is 11.5 Å². The van der Waals surface area contributed by atoms with E-state index >= 15 is 0 Å². The van der Waals surface area contributed by atoms with Crippen molar-refractivity contribution in [1.29, 1.82) is 0 Å². The normalized spacial score (nSPS) is 15.1. The van der Waals surface area contributed by atoms with Crippen LogP contribution < -0.4 is 10.9 Å². The van der Waals surface area contributed by atoms with E-state index in [1.54, 1.807) is 23.2 Å². The number of aryl methyl sites for hydroxylation is 1. The minimum absolute atomic E-state index is 0.00430. The second-order valence-electron chi connectivity index (χ2n) is 6.37. The van der Waals surface area contributed by atoms with E-state index in [1.807, 2.05) is 6.92 Å². The molecule has 0 aromatic carbocycles. The van der Waals surface area contributed by atoms with Crippen molar-refractivity contribution in [3.8, 4) is 0 Å². The summed E-state index contributed by atoms with van der Waals surface area (Å²) in [6.07, 6.45) is 4.45. The number of nitrogens with zero attached hydrogens (tertiary/aromatic N) is 2. The van der Waals surface area contributed by atoms with Crippen molar-refractivity contribution in [3.63, 3.8) is 0 Å². The third-order valence-electron chi connectivity index (χ3n) is 4.50. The predicted octanol–water partition coefficient (Wildman–Crippen LogP) is 1.93. The largest absolute Gasteiger partial charge is 0.459 e. The highest BCUT2D eigenvalue weighted by Crippen LogP contribution is 2.14. The molecule has 8 heteroatoms. The number of halogens is 1. The summed E-state index contributed by atoms with van der Waals surface area (Å²) in [7, 11) is 0. The fourth-order valence-electron chi connectivity index (χ4n) is 3.00. The average molecular weight is 422 g/mol. The summed E-state index contributed by atoms with van der Waals surface area (Å²) in [4.78, 5) is 38.2. The molecule has 1 saturated heterocycles. The van der Waals surface area contributed by atoms with Crippen molar-refractivity contribution in [3.05, 3.63) is 56.8 Å². The second-order valence-corrected chi connectivity index (χ2v) is 7.29. The fraction of sp³-hybridized carbons (Fsp3) is 0.389. The van der Waals surface area contributed by atoms with Crippen molar-refractivity contribution >= 4 is 27.7 Å². The molecule has 26 heavy (non-hydrogen) atoms. The Bertz CT molecular complexity index is 865. The maximum Gasteiger partial charge on any atom is 0.287 e. The lowest BCUT2D eigenvalue weighted by atomic mass is 10.0. The number of hydrogen-bond acceptors (Lipinski definition) is 4. The van der Waals surface area contributed by atoms with E-state index in [0.717, 1.165) is 10.0 Å². The molecule has 7 nitrogen and oxygen atoms in total. The molecular formula is C18H20BrN3O4. The number of piperidine rings is 1. The van der Waals surface area contributed by atoms with E-state index in [1.165, 1.54) is 16.9 Å². The number of aromatic nitrogens is 1. The van der Waals surface area contributed by atoms with E-state index in [-0.39, 0.29) is 30.0 Å². The van der Waals surface area contributed by atoms with Crippen LogP contribution in [0.3, 0.4) is 0 Å². The topological polar surface area (TPSA) is 84.6 Å². The van der Waals surface area contributed by atoms with Gasteiger partial charge < -0.3 is 19.2 Å². The quantitative estimate of drug-likeness (QED) is 0.816. The van der Waals surface area contributed by atoms with Gasteiger partial charge in [-0.05, 0) is 47.8 Å². The van der Waals surface area contributed by atoms with Crippen LogP contribution in [0, 0.1) is 6.92 Å². The zero-order valence-electron chi connectivity index (χ0n) is 14.4. The zero-order chi connectivity index (χ0) is 18.7. The number of carbonyl (C=O) groups is 2. The number of hydrogen-bond donors (Lipinski definition) is 1. The molecule has 0 bridgehead atoms. The van der Waals surface area contributed by atoms with Crippen LogP contribution >= 0.6 is 15.9 Å². The summed E-state index contributed by atoms with van der Waals surface area (Å²) in [5.74, 6) is 0.00681. The summed E-state index contributed by atoms with van der Waals surface area (Å²) in [5, 5.41) is 2.96. The molecule has 0 atom stereocenters. The molecule has 138 valence electrons. The van der Waals surface area contributed by atoms with Crippen molar-refractivity contribution in [2.24, 2.45) is 0 Å². The molecule has 1 N–H and O–H groups in total. The minimum atomic E-state index is -0.224. The fourth-order valence-corrected chi connectivity index (χ4v) is 3.38. The Morgan fingerprint density at radius 1 is 1.27 bits per heavy atom. The molecule has 0 spiro atoms. The Hall–Kier alpha value is -2.35. The van der Waals surface area contributed by atoms with Crippen LogP contribution in [0.2, 0.25) is 0 Å². The van der Waals surface area contributed by atoms with Crippen LogP contribution in [0.25, 0.3) is 0 Å². The average Bonchev–Trinajstić information content (AvgIpc) is 3.05. The molecule has 1 aliphatic heterocycles. The summed E-state index contributed by atoms with van der Waals surface area (Å²) in [6, 6.07) is 4.83. The first kappa shape index (κ1) is 18.4. The van der Waals surface area contributed by atoms with Crippen molar-refractivity contribution in [1.82, 2.24) is 14.8 Å². The molecule has 2 aromatic heterocycles. The standard InChI is InChI=1S/C18H20BrN3O4/c1-12-6-9-26-17(12)18(25)20-14-4-7-21(8-5-14)16(24)11-22-10-13(19)2-3-15(22)23/h2-3,6,9-10,14H,4-5,7-8,11H2,1H3,(H,20,25). The van der Waals surface area contributed by atoms with Gasteiger partial charge in [-0.3, -0.25) is 14.4 Å². The summed E-state index contributed by atoms with van der Waals surface area (Å²) < 4.78 is 7.34. The molecule has 1 fully saturated rings. The van der Waals surface area contributed by atoms with Gasteiger partial charge in [0.05, 0.1) is 6.26 Å². The Kier molecular flexibility index (Phi) is 5.61. The molecule has 0 unspecified atom stereocenters. The lowest BCUT2D eigenvalue weighted by Crippen LogP contribution is -2.47. The van der Waals surface area contributed by atoms with Gasteiger partial charge in [-0.15, -0.1) is 0 Å². The van der Waals surface area contributed by atoms with Gasteiger partial charge in [0.1, 0.15) is 6.54 Å². The van der Waals surface area contributed by atoms with Gasteiger partial charge in [-0.2, -0.15) is 0 Å². The van der Waals surface area contributed by atoms with Gasteiger partial charge in [0, 0.05) is 41.4 Å². The van der Waals surface area contributed by atoms with Gasteiger partial charge in [-0.25, -0.2) is 0 Å². The van der Waals surface area contributed by atoms with Crippen LogP contribution in [-0.4, -0.2) is 40.4 Å². The Morgan fingerprint density at radius 2 is 2.00 bits per heavy atom. The van der Waals surface area contributed by atoms with Gasteiger partial charge in [0.15, 0.2) is 5.76 Å². The van der Waals surface area contributed by atoms with Crippen molar-refractivity contribution < 1.29 is 14.0 Å². The first-order chi connectivity index (χ1) is 12.4. The monoisotopic (exact) mass is 421 g/mol. The summed E-state index contributed by atoms with van der Waals surface area (Å²) in [6.45, 7) is 2.93. The molecule has 2 aromatic rings. The maximum atomic E-state index is 12.4. The van der Waals surface area contributed by atoms with E-state index < -0.39 is 0 Å². The van der Waals surface area contributed by atoms with Crippen molar-refractivity contribution in [2.45, 2.75) is 32.4 Å². The van der Waals surface area contributed by atoms with E-state index in [4.69, 9.17) is 4.42 Å². The Morgan fingerprint density at radius 3 is 2.65 bits per heavy atom. The minimum Gasteiger partial charge on any atom is -0.459 e. The second kappa shape index (κ2) is 7.90. The molecule has 3 heterocycles. The first-order valence-electron chi connectivity index (χ1n) is 8.43. The smallest absolute Gasteiger partial charge is 0.287 e. The number of pyridine rings is 1. The predicted molar refractivity (Wildman–Crippen MR) is 98.9 cm³/mol. The number of rotatable bonds is 4. The van der Waals surface area contributed by atoms with Gasteiger partial charge in [-0.1, -0.05) is 0 Å². The molecule has 2 amide bonds. The molecule has 0 saturated carbocycles. The lowest BCUT2D eigenvalue weighted by molar-refractivity contribution is -0.133. The third-order valence-corrected chi connectivity index (χ3v) is 4.97. The highest BCUT2D eigenvalue weighted by Gasteiger charge is 2.25. The van der Waals surface area contributed by atoms with Crippen LogP contribution in [0.15, 0.2) is 44.3 Å². The van der Waals surface area contributed by atoms with Crippen molar-refractivity contribution in [2.75, 3.05) is 13.1 Å².